The first-order valence-corrected chi connectivity index (χ1v) is 26.9. The molecule has 1 amide bonds. The van der Waals surface area contributed by atoms with E-state index in [9.17, 15) is 19.4 Å². The number of phosphoric acid groups is 1. The van der Waals surface area contributed by atoms with E-state index < -0.39 is 20.0 Å². The van der Waals surface area contributed by atoms with Gasteiger partial charge in [-0.15, -0.1) is 0 Å². The maximum atomic E-state index is 12.8. The molecule has 8 nitrogen and oxygen atoms in total. The number of nitrogens with two attached hydrogens (primary N) is 1. The zero-order valence-corrected chi connectivity index (χ0v) is 40.5. The smallest absolute Gasteiger partial charge is 0.387 e. The first kappa shape index (κ1) is 59.2. The van der Waals surface area contributed by atoms with Crippen molar-refractivity contribution in [2.75, 3.05) is 19.8 Å². The lowest BCUT2D eigenvalue weighted by Crippen LogP contribution is -2.45. The summed E-state index contributed by atoms with van der Waals surface area (Å²) >= 11 is 0. The molecule has 3 atom stereocenters. The summed E-state index contributed by atoms with van der Waals surface area (Å²) < 4.78 is 22.2. The largest absolute Gasteiger partial charge is 0.472 e. The quantitative estimate of drug-likeness (QED) is 0.0272. The molecule has 0 aliphatic heterocycles. The molecule has 0 saturated heterocycles. The van der Waals surface area contributed by atoms with Crippen LogP contribution in [0.15, 0.2) is 60.8 Å². The molecule has 0 fully saturated rings. The number of aliphatic hydroxyl groups is 1. The van der Waals surface area contributed by atoms with Crippen LogP contribution in [0.5, 0.6) is 0 Å². The molecule has 0 radical (unpaired) electrons. The van der Waals surface area contributed by atoms with Gasteiger partial charge in [-0.2, -0.15) is 0 Å². The van der Waals surface area contributed by atoms with E-state index >= 15 is 0 Å². The summed E-state index contributed by atoms with van der Waals surface area (Å²) in [5.41, 5.74) is 5.39. The van der Waals surface area contributed by atoms with Crippen LogP contribution in [0.4, 0.5) is 0 Å². The van der Waals surface area contributed by atoms with Crippen LogP contribution in [-0.2, 0) is 18.4 Å². The molecule has 0 spiro atoms. The van der Waals surface area contributed by atoms with Gasteiger partial charge in [-0.25, -0.2) is 4.57 Å². The molecule has 61 heavy (non-hydrogen) atoms. The van der Waals surface area contributed by atoms with E-state index in [4.69, 9.17) is 14.8 Å². The van der Waals surface area contributed by atoms with Crippen molar-refractivity contribution in [3.63, 3.8) is 0 Å². The number of phosphoric ester groups is 1. The summed E-state index contributed by atoms with van der Waals surface area (Å²) in [7, 11) is -4.35. The fourth-order valence-corrected chi connectivity index (χ4v) is 8.06. The van der Waals surface area contributed by atoms with E-state index in [2.05, 4.69) is 67.8 Å². The Morgan fingerprint density at radius 2 is 0.951 bits per heavy atom. The topological polar surface area (TPSA) is 131 Å². The maximum absolute atomic E-state index is 12.8. The van der Waals surface area contributed by atoms with Gasteiger partial charge in [-0.05, 0) is 57.8 Å². The molecular formula is C52H97N2O6P. The predicted octanol–water partition coefficient (Wildman–Crippen LogP) is 15.0. The number of rotatable bonds is 47. The van der Waals surface area contributed by atoms with Crippen molar-refractivity contribution in [2.45, 2.75) is 244 Å². The third-order valence-electron chi connectivity index (χ3n) is 11.1. The molecule has 0 aliphatic rings. The fourth-order valence-electron chi connectivity index (χ4n) is 7.30. The minimum atomic E-state index is -4.35. The molecule has 0 aromatic heterocycles. The monoisotopic (exact) mass is 877 g/mol. The van der Waals surface area contributed by atoms with Crippen LogP contribution in [0.2, 0.25) is 0 Å². The van der Waals surface area contributed by atoms with E-state index in [1.807, 2.05) is 6.08 Å². The highest BCUT2D eigenvalue weighted by molar-refractivity contribution is 7.47. The minimum absolute atomic E-state index is 0.0760. The van der Waals surface area contributed by atoms with Crippen LogP contribution in [0.1, 0.15) is 232 Å². The normalized spacial score (nSPS) is 14.4. The van der Waals surface area contributed by atoms with Crippen molar-refractivity contribution in [2.24, 2.45) is 5.73 Å². The summed E-state index contributed by atoms with van der Waals surface area (Å²) in [6.45, 7) is 4.04. The van der Waals surface area contributed by atoms with Gasteiger partial charge in [0.25, 0.3) is 0 Å². The second-order valence-electron chi connectivity index (χ2n) is 17.0. The van der Waals surface area contributed by atoms with Gasteiger partial charge in [-0.3, -0.25) is 13.8 Å². The van der Waals surface area contributed by atoms with Crippen LogP contribution in [-0.4, -0.2) is 47.8 Å². The second-order valence-corrected chi connectivity index (χ2v) is 18.5. The minimum Gasteiger partial charge on any atom is -0.387 e. The molecule has 0 bridgehead atoms. The number of amides is 1. The van der Waals surface area contributed by atoms with Gasteiger partial charge in [0.1, 0.15) is 0 Å². The Hall–Kier alpha value is -1.80. The molecule has 0 heterocycles. The van der Waals surface area contributed by atoms with E-state index in [0.717, 1.165) is 64.2 Å². The summed E-state index contributed by atoms with van der Waals surface area (Å²) in [5, 5.41) is 13.7. The molecule has 0 aromatic rings. The van der Waals surface area contributed by atoms with Gasteiger partial charge >= 0.3 is 7.82 Å². The zero-order valence-electron chi connectivity index (χ0n) is 39.6. The number of hydrogen-bond donors (Lipinski definition) is 4. The first-order valence-electron chi connectivity index (χ1n) is 25.4. The van der Waals surface area contributed by atoms with Gasteiger partial charge in [0, 0.05) is 13.0 Å². The Balaban J connectivity index is 4.11. The summed E-state index contributed by atoms with van der Waals surface area (Å²) in [4.78, 5) is 22.8. The van der Waals surface area contributed by atoms with Crippen molar-refractivity contribution in [1.29, 1.82) is 0 Å². The lowest BCUT2D eigenvalue weighted by atomic mass is 10.0. The zero-order chi connectivity index (χ0) is 44.6. The second kappa shape index (κ2) is 47.7. The molecule has 0 aliphatic carbocycles. The molecule has 0 aromatic carbocycles. The Bertz CT molecular complexity index is 1140. The highest BCUT2D eigenvalue weighted by atomic mass is 31.2. The van der Waals surface area contributed by atoms with Crippen molar-refractivity contribution in [3.8, 4) is 0 Å². The van der Waals surface area contributed by atoms with Crippen LogP contribution < -0.4 is 11.1 Å². The van der Waals surface area contributed by atoms with Crippen LogP contribution in [0.25, 0.3) is 0 Å². The van der Waals surface area contributed by atoms with E-state index in [0.29, 0.717) is 6.42 Å². The highest BCUT2D eigenvalue weighted by Crippen LogP contribution is 2.43. The lowest BCUT2D eigenvalue weighted by molar-refractivity contribution is -0.123. The van der Waals surface area contributed by atoms with Crippen LogP contribution >= 0.6 is 7.82 Å². The molecule has 356 valence electrons. The summed E-state index contributed by atoms with van der Waals surface area (Å²) in [6, 6.07) is -0.866. The van der Waals surface area contributed by atoms with Crippen LogP contribution in [0.3, 0.4) is 0 Å². The number of nitrogens with one attached hydrogen (secondary N) is 1. The number of aliphatic hydroxyl groups excluding tert-OH is 1. The molecule has 9 heteroatoms. The van der Waals surface area contributed by atoms with Crippen molar-refractivity contribution in [3.05, 3.63) is 60.8 Å². The molecular weight excluding hydrogens is 780 g/mol. The summed E-state index contributed by atoms with van der Waals surface area (Å²) in [5.74, 6) is -0.199. The average Bonchev–Trinajstić information content (AvgIpc) is 3.25. The third kappa shape index (κ3) is 46.0. The third-order valence-corrected chi connectivity index (χ3v) is 12.1. The standard InChI is InChI=1S/C52H97N2O6P/c1-3-5-7-9-11-13-15-17-19-21-23-24-25-26-28-30-32-34-36-38-40-42-44-46-52(56)54-50(49-60-61(57,58)59-48-47-53)51(55)45-43-41-39-37-35-33-31-29-27-22-20-18-16-14-12-10-8-6-4-2/h5,7,11,13,17,19,23-24,43,45,50-51,55H,3-4,6,8-10,12,14-16,18,20-22,25-42,44,46-49,53H2,1-2H3,(H,54,56)(H,57,58)/b7-5-,13-11-,19-17-,24-23-,45-43+. The van der Waals surface area contributed by atoms with Gasteiger partial charge in [0.05, 0.1) is 25.4 Å². The Morgan fingerprint density at radius 3 is 1.39 bits per heavy atom. The van der Waals surface area contributed by atoms with Gasteiger partial charge in [0.2, 0.25) is 5.91 Å². The first-order chi connectivity index (χ1) is 29.9. The number of allylic oxidation sites excluding steroid dienone is 9. The fraction of sp³-hybridized carbons (Fsp3) is 0.788. The van der Waals surface area contributed by atoms with Crippen molar-refractivity contribution >= 4 is 13.7 Å². The maximum Gasteiger partial charge on any atom is 0.472 e. The number of carbonyl (C=O) groups excluding carboxylic acids is 1. The predicted molar refractivity (Wildman–Crippen MR) is 263 cm³/mol. The number of unbranched alkanes of at least 4 members (excludes halogenated alkanes) is 27. The van der Waals surface area contributed by atoms with Gasteiger partial charge < -0.3 is 21.1 Å². The Kier molecular flexibility index (Phi) is 46.3. The van der Waals surface area contributed by atoms with Crippen molar-refractivity contribution in [1.82, 2.24) is 5.32 Å². The van der Waals surface area contributed by atoms with Crippen LogP contribution in [0, 0.1) is 0 Å². The SMILES string of the molecule is CC/C=C\C/C=C\C/C=C\C/C=C\CCCCCCCCCCCCC(=O)NC(COP(=O)(O)OCCN)C(O)/C=C/CCCCCCCCCCCCCCCCCCC. The Labute approximate surface area is 376 Å². The molecule has 0 rings (SSSR count). The number of carbonyl (C=O) groups is 1. The lowest BCUT2D eigenvalue weighted by Gasteiger charge is -2.23. The average molecular weight is 877 g/mol. The van der Waals surface area contributed by atoms with Gasteiger partial charge in [-0.1, -0.05) is 229 Å². The molecule has 0 saturated carbocycles. The number of hydrogen-bond acceptors (Lipinski definition) is 6. The van der Waals surface area contributed by atoms with E-state index in [1.165, 1.54) is 148 Å². The van der Waals surface area contributed by atoms with E-state index in [-0.39, 0.29) is 25.7 Å². The van der Waals surface area contributed by atoms with Crippen molar-refractivity contribution < 1.29 is 28.4 Å². The Morgan fingerprint density at radius 1 is 0.557 bits per heavy atom. The summed E-state index contributed by atoms with van der Waals surface area (Å²) in [6.07, 6.45) is 61.3. The van der Waals surface area contributed by atoms with Gasteiger partial charge in [0.15, 0.2) is 0 Å². The van der Waals surface area contributed by atoms with E-state index in [1.54, 1.807) is 6.08 Å². The highest BCUT2D eigenvalue weighted by Gasteiger charge is 2.26. The molecule has 3 unspecified atom stereocenters. The molecule has 5 N–H and O–H groups in total.